The fourth-order valence-corrected chi connectivity index (χ4v) is 1.91. The van der Waals surface area contributed by atoms with Gasteiger partial charge < -0.3 is 5.32 Å². The minimum absolute atomic E-state index is 0.00705. The SMILES string of the molecule is Cc1ccc(CCC(=O)Nc2cc(C(C)C)[nH]n2)cc1. The molecule has 0 saturated carbocycles. The molecule has 1 aromatic heterocycles. The molecule has 0 aliphatic rings. The van der Waals surface area contributed by atoms with Crippen molar-refractivity contribution < 1.29 is 4.79 Å². The second-order valence-corrected chi connectivity index (χ2v) is 5.40. The van der Waals surface area contributed by atoms with E-state index in [-0.39, 0.29) is 5.91 Å². The van der Waals surface area contributed by atoms with E-state index >= 15 is 0 Å². The Kier molecular flexibility index (Phi) is 4.56. The highest BCUT2D eigenvalue weighted by Gasteiger charge is 2.08. The van der Waals surface area contributed by atoms with Crippen LogP contribution in [0.5, 0.6) is 0 Å². The van der Waals surface area contributed by atoms with E-state index in [9.17, 15) is 4.79 Å². The van der Waals surface area contributed by atoms with Gasteiger partial charge in [0.1, 0.15) is 0 Å². The van der Waals surface area contributed by atoms with E-state index in [1.54, 1.807) is 0 Å². The number of benzene rings is 1. The number of H-pyrrole nitrogens is 1. The standard InChI is InChI=1S/C16H21N3O/c1-11(2)14-10-15(19-18-14)17-16(20)9-8-13-6-4-12(3)5-7-13/h4-7,10-11H,8-9H2,1-3H3,(H2,17,18,19,20). The molecule has 0 atom stereocenters. The summed E-state index contributed by atoms with van der Waals surface area (Å²) in [5, 5.41) is 9.83. The average molecular weight is 271 g/mol. The summed E-state index contributed by atoms with van der Waals surface area (Å²) in [6, 6.07) is 10.1. The molecule has 1 amide bonds. The molecule has 20 heavy (non-hydrogen) atoms. The van der Waals surface area contributed by atoms with E-state index in [1.165, 1.54) is 11.1 Å². The molecule has 106 valence electrons. The molecule has 4 nitrogen and oxygen atoms in total. The number of nitrogens with zero attached hydrogens (tertiary/aromatic N) is 1. The molecule has 0 bridgehead atoms. The number of aromatic amines is 1. The van der Waals surface area contributed by atoms with Gasteiger partial charge in [-0.2, -0.15) is 5.10 Å². The lowest BCUT2D eigenvalue weighted by Gasteiger charge is -2.03. The molecule has 0 aliphatic heterocycles. The van der Waals surface area contributed by atoms with Gasteiger partial charge in [-0.3, -0.25) is 9.89 Å². The summed E-state index contributed by atoms with van der Waals surface area (Å²) in [7, 11) is 0. The van der Waals surface area contributed by atoms with Gasteiger partial charge in [0.15, 0.2) is 5.82 Å². The van der Waals surface area contributed by atoms with Crippen molar-refractivity contribution in [1.82, 2.24) is 10.2 Å². The molecule has 0 saturated heterocycles. The normalized spacial score (nSPS) is 10.8. The Balaban J connectivity index is 1.84. The van der Waals surface area contributed by atoms with Crippen LogP contribution in [0.3, 0.4) is 0 Å². The van der Waals surface area contributed by atoms with Crippen LogP contribution in [0.25, 0.3) is 0 Å². The summed E-state index contributed by atoms with van der Waals surface area (Å²) in [5.74, 6) is 0.968. The fourth-order valence-electron chi connectivity index (χ4n) is 1.91. The maximum atomic E-state index is 11.9. The second-order valence-electron chi connectivity index (χ2n) is 5.40. The van der Waals surface area contributed by atoms with Gasteiger partial charge in [-0.15, -0.1) is 0 Å². The predicted molar refractivity (Wildman–Crippen MR) is 80.8 cm³/mol. The average Bonchev–Trinajstić information content (AvgIpc) is 2.87. The fraction of sp³-hybridized carbons (Fsp3) is 0.375. The molecule has 2 N–H and O–H groups in total. The first-order valence-corrected chi connectivity index (χ1v) is 6.95. The molecule has 0 fully saturated rings. The van der Waals surface area contributed by atoms with Crippen molar-refractivity contribution in [2.45, 2.75) is 39.5 Å². The Bertz CT molecular complexity index is 570. The zero-order chi connectivity index (χ0) is 14.5. The number of nitrogens with one attached hydrogen (secondary N) is 2. The summed E-state index contributed by atoms with van der Waals surface area (Å²) in [6.45, 7) is 6.22. The van der Waals surface area contributed by atoms with Crippen LogP contribution in [0.1, 0.15) is 43.0 Å². The zero-order valence-corrected chi connectivity index (χ0v) is 12.2. The third-order valence-electron chi connectivity index (χ3n) is 3.25. The maximum absolute atomic E-state index is 11.9. The van der Waals surface area contributed by atoms with Crippen molar-refractivity contribution in [2.24, 2.45) is 0 Å². The highest BCUT2D eigenvalue weighted by Crippen LogP contribution is 2.15. The third kappa shape index (κ3) is 3.95. The van der Waals surface area contributed by atoms with Crippen LogP contribution in [0.2, 0.25) is 0 Å². The molecule has 4 heteroatoms. The first kappa shape index (κ1) is 14.3. The van der Waals surface area contributed by atoms with Crippen molar-refractivity contribution in [1.29, 1.82) is 0 Å². The molecule has 1 aromatic carbocycles. The molecule has 0 unspecified atom stereocenters. The monoisotopic (exact) mass is 271 g/mol. The molecule has 2 aromatic rings. The largest absolute Gasteiger partial charge is 0.309 e. The third-order valence-corrected chi connectivity index (χ3v) is 3.25. The molecule has 0 aliphatic carbocycles. The van der Waals surface area contributed by atoms with Gasteiger partial charge in [-0.05, 0) is 24.8 Å². The molecule has 1 heterocycles. The van der Waals surface area contributed by atoms with Gasteiger partial charge in [0.2, 0.25) is 5.91 Å². The molecule has 2 rings (SSSR count). The van der Waals surface area contributed by atoms with Crippen LogP contribution in [0.15, 0.2) is 30.3 Å². The van der Waals surface area contributed by atoms with Crippen molar-refractivity contribution >= 4 is 11.7 Å². The number of hydrogen-bond acceptors (Lipinski definition) is 2. The van der Waals surface area contributed by atoms with Crippen LogP contribution in [-0.4, -0.2) is 16.1 Å². The van der Waals surface area contributed by atoms with Crippen LogP contribution in [0, 0.1) is 6.92 Å². The number of rotatable bonds is 5. The van der Waals surface area contributed by atoms with E-state index in [0.29, 0.717) is 18.2 Å². The maximum Gasteiger partial charge on any atom is 0.225 e. The topological polar surface area (TPSA) is 57.8 Å². The Morgan fingerprint density at radius 2 is 2.00 bits per heavy atom. The van der Waals surface area contributed by atoms with Gasteiger partial charge in [0.05, 0.1) is 0 Å². The molecular formula is C16H21N3O. The van der Waals surface area contributed by atoms with Crippen LogP contribution < -0.4 is 5.32 Å². The minimum atomic E-state index is -0.00705. The lowest BCUT2D eigenvalue weighted by atomic mass is 10.1. The van der Waals surface area contributed by atoms with Crippen molar-refractivity contribution in [3.05, 3.63) is 47.2 Å². The first-order chi connectivity index (χ1) is 9.54. The van der Waals surface area contributed by atoms with Gasteiger partial charge >= 0.3 is 0 Å². The zero-order valence-electron chi connectivity index (χ0n) is 12.2. The van der Waals surface area contributed by atoms with Gasteiger partial charge in [-0.1, -0.05) is 43.7 Å². The number of carbonyl (C=O) groups excluding carboxylic acids is 1. The molecule has 0 radical (unpaired) electrons. The Morgan fingerprint density at radius 1 is 1.30 bits per heavy atom. The number of hydrogen-bond donors (Lipinski definition) is 2. The van der Waals surface area contributed by atoms with Crippen LogP contribution in [-0.2, 0) is 11.2 Å². The predicted octanol–water partition coefficient (Wildman–Crippen LogP) is 3.41. The van der Waals surface area contributed by atoms with E-state index in [4.69, 9.17) is 0 Å². The number of amides is 1. The first-order valence-electron chi connectivity index (χ1n) is 6.95. The Hall–Kier alpha value is -2.10. The summed E-state index contributed by atoms with van der Waals surface area (Å²) < 4.78 is 0. The highest BCUT2D eigenvalue weighted by molar-refractivity contribution is 5.89. The molecular weight excluding hydrogens is 250 g/mol. The van der Waals surface area contributed by atoms with E-state index in [1.807, 2.05) is 6.07 Å². The Morgan fingerprint density at radius 3 is 2.60 bits per heavy atom. The lowest BCUT2D eigenvalue weighted by molar-refractivity contribution is -0.116. The summed E-state index contributed by atoms with van der Waals surface area (Å²) >= 11 is 0. The number of aryl methyl sites for hydroxylation is 2. The Labute approximate surface area is 119 Å². The van der Waals surface area contributed by atoms with E-state index < -0.39 is 0 Å². The van der Waals surface area contributed by atoms with E-state index in [0.717, 1.165) is 12.1 Å². The second kappa shape index (κ2) is 6.37. The van der Waals surface area contributed by atoms with Crippen LogP contribution in [0.4, 0.5) is 5.82 Å². The number of anilines is 1. The van der Waals surface area contributed by atoms with Crippen LogP contribution >= 0.6 is 0 Å². The minimum Gasteiger partial charge on any atom is -0.309 e. The number of carbonyl (C=O) groups is 1. The smallest absolute Gasteiger partial charge is 0.225 e. The lowest BCUT2D eigenvalue weighted by Crippen LogP contribution is -2.12. The highest BCUT2D eigenvalue weighted by atomic mass is 16.1. The van der Waals surface area contributed by atoms with Gasteiger partial charge in [-0.25, -0.2) is 0 Å². The molecule has 0 spiro atoms. The van der Waals surface area contributed by atoms with Crippen molar-refractivity contribution in [3.63, 3.8) is 0 Å². The van der Waals surface area contributed by atoms with Gasteiger partial charge in [0, 0.05) is 18.2 Å². The van der Waals surface area contributed by atoms with Gasteiger partial charge in [0.25, 0.3) is 0 Å². The summed E-state index contributed by atoms with van der Waals surface area (Å²) in [5.41, 5.74) is 3.44. The van der Waals surface area contributed by atoms with E-state index in [2.05, 4.69) is 60.6 Å². The van der Waals surface area contributed by atoms with Crippen molar-refractivity contribution in [3.8, 4) is 0 Å². The summed E-state index contributed by atoms with van der Waals surface area (Å²) in [6.07, 6.45) is 1.21. The number of aromatic nitrogens is 2. The summed E-state index contributed by atoms with van der Waals surface area (Å²) in [4.78, 5) is 11.9. The van der Waals surface area contributed by atoms with Crippen molar-refractivity contribution in [2.75, 3.05) is 5.32 Å². The quantitative estimate of drug-likeness (QED) is 0.875.